The number of carboxylic acids is 1. The maximum Gasteiger partial charge on any atom is 0.303 e. The standard InChI is InChI=1S/C13H24N2O4S/c16-13(17)10-12-6-5-9-15(11-12)20(18,19)14-7-3-1-2-4-8-14/h12H,1-11H2,(H,16,17). The number of carboxylic acid groups (broad SMARTS) is 1. The molecule has 6 nitrogen and oxygen atoms in total. The Morgan fingerprint density at radius 2 is 1.60 bits per heavy atom. The van der Waals surface area contributed by atoms with E-state index in [1.807, 2.05) is 0 Å². The van der Waals surface area contributed by atoms with Crippen LogP contribution >= 0.6 is 0 Å². The first-order valence-electron chi connectivity index (χ1n) is 7.47. The molecule has 116 valence electrons. The van der Waals surface area contributed by atoms with Crippen molar-refractivity contribution in [3.8, 4) is 0 Å². The van der Waals surface area contributed by atoms with Gasteiger partial charge in [-0.1, -0.05) is 12.8 Å². The number of hydrogen-bond donors (Lipinski definition) is 1. The van der Waals surface area contributed by atoms with Crippen LogP contribution in [-0.2, 0) is 15.0 Å². The molecule has 0 radical (unpaired) electrons. The molecule has 1 N–H and O–H groups in total. The van der Waals surface area contributed by atoms with E-state index in [1.165, 1.54) is 4.31 Å². The summed E-state index contributed by atoms with van der Waals surface area (Å²) >= 11 is 0. The molecular weight excluding hydrogens is 280 g/mol. The molecule has 0 aromatic carbocycles. The lowest BCUT2D eigenvalue weighted by molar-refractivity contribution is -0.138. The lowest BCUT2D eigenvalue weighted by Gasteiger charge is -2.34. The molecular formula is C13H24N2O4S. The highest BCUT2D eigenvalue weighted by molar-refractivity contribution is 7.86. The summed E-state index contributed by atoms with van der Waals surface area (Å²) in [4.78, 5) is 10.8. The molecule has 1 unspecified atom stereocenters. The Hall–Kier alpha value is -0.660. The van der Waals surface area contributed by atoms with E-state index in [2.05, 4.69) is 0 Å². The second kappa shape index (κ2) is 6.87. The Kier molecular flexibility index (Phi) is 5.40. The Bertz CT molecular complexity index is 430. The molecule has 0 aliphatic carbocycles. The molecule has 2 saturated heterocycles. The van der Waals surface area contributed by atoms with Gasteiger partial charge in [0.2, 0.25) is 0 Å². The highest BCUT2D eigenvalue weighted by Gasteiger charge is 2.34. The van der Waals surface area contributed by atoms with E-state index in [-0.39, 0.29) is 12.3 Å². The van der Waals surface area contributed by atoms with Crippen molar-refractivity contribution in [1.29, 1.82) is 0 Å². The molecule has 2 aliphatic rings. The monoisotopic (exact) mass is 304 g/mol. The van der Waals surface area contributed by atoms with Crippen molar-refractivity contribution >= 4 is 16.2 Å². The van der Waals surface area contributed by atoms with Gasteiger partial charge in [-0.15, -0.1) is 0 Å². The van der Waals surface area contributed by atoms with E-state index in [1.54, 1.807) is 4.31 Å². The first kappa shape index (κ1) is 15.7. The Morgan fingerprint density at radius 3 is 2.20 bits per heavy atom. The van der Waals surface area contributed by atoms with Crippen molar-refractivity contribution in [2.45, 2.75) is 44.9 Å². The van der Waals surface area contributed by atoms with Gasteiger partial charge < -0.3 is 5.11 Å². The van der Waals surface area contributed by atoms with Gasteiger partial charge in [-0.25, -0.2) is 0 Å². The molecule has 2 aliphatic heterocycles. The minimum absolute atomic E-state index is 0.0528. The Balaban J connectivity index is 2.02. The van der Waals surface area contributed by atoms with E-state index >= 15 is 0 Å². The molecule has 2 rings (SSSR count). The van der Waals surface area contributed by atoms with Gasteiger partial charge in [0.15, 0.2) is 0 Å². The van der Waals surface area contributed by atoms with Crippen molar-refractivity contribution in [2.24, 2.45) is 5.92 Å². The summed E-state index contributed by atoms with van der Waals surface area (Å²) in [6, 6.07) is 0. The zero-order chi connectivity index (χ0) is 14.6. The average Bonchev–Trinajstić information content (AvgIpc) is 2.67. The minimum Gasteiger partial charge on any atom is -0.481 e. The number of nitrogens with zero attached hydrogens (tertiary/aromatic N) is 2. The summed E-state index contributed by atoms with van der Waals surface area (Å²) in [5.41, 5.74) is 0. The molecule has 2 heterocycles. The summed E-state index contributed by atoms with van der Waals surface area (Å²) in [6.07, 6.45) is 5.65. The largest absolute Gasteiger partial charge is 0.481 e. The summed E-state index contributed by atoms with van der Waals surface area (Å²) < 4.78 is 28.3. The van der Waals surface area contributed by atoms with E-state index < -0.39 is 16.2 Å². The van der Waals surface area contributed by atoms with E-state index in [0.717, 1.165) is 38.5 Å². The van der Waals surface area contributed by atoms with Crippen LogP contribution in [0.25, 0.3) is 0 Å². The highest BCUT2D eigenvalue weighted by Crippen LogP contribution is 2.24. The fourth-order valence-corrected chi connectivity index (χ4v) is 4.89. The van der Waals surface area contributed by atoms with Gasteiger partial charge in [-0.3, -0.25) is 4.79 Å². The quantitative estimate of drug-likeness (QED) is 0.849. The van der Waals surface area contributed by atoms with Crippen LogP contribution in [0, 0.1) is 5.92 Å². The fourth-order valence-electron chi connectivity index (χ4n) is 3.09. The summed E-state index contributed by atoms with van der Waals surface area (Å²) in [6.45, 7) is 2.07. The van der Waals surface area contributed by atoms with Gasteiger partial charge in [-0.05, 0) is 31.6 Å². The molecule has 1 atom stereocenters. The third-order valence-corrected chi connectivity index (χ3v) is 6.16. The first-order chi connectivity index (χ1) is 9.50. The number of carbonyl (C=O) groups is 1. The maximum absolute atomic E-state index is 12.6. The van der Waals surface area contributed by atoms with Gasteiger partial charge >= 0.3 is 5.97 Å². The first-order valence-corrected chi connectivity index (χ1v) is 8.87. The van der Waals surface area contributed by atoms with Crippen LogP contribution in [0.2, 0.25) is 0 Å². The molecule has 7 heteroatoms. The van der Waals surface area contributed by atoms with Crippen LogP contribution in [0.5, 0.6) is 0 Å². The zero-order valence-electron chi connectivity index (χ0n) is 11.8. The van der Waals surface area contributed by atoms with Crippen molar-refractivity contribution < 1.29 is 18.3 Å². The van der Waals surface area contributed by atoms with Crippen LogP contribution in [0.3, 0.4) is 0 Å². The SMILES string of the molecule is O=C(O)CC1CCCN(S(=O)(=O)N2CCCCCC2)C1. The normalized spacial score (nSPS) is 27.1. The van der Waals surface area contributed by atoms with E-state index in [9.17, 15) is 13.2 Å². The van der Waals surface area contributed by atoms with Gasteiger partial charge in [-0.2, -0.15) is 17.0 Å². The lowest BCUT2D eigenvalue weighted by atomic mass is 9.96. The molecule has 20 heavy (non-hydrogen) atoms. The van der Waals surface area contributed by atoms with Gasteiger partial charge in [0.1, 0.15) is 0 Å². The number of hydrogen-bond acceptors (Lipinski definition) is 3. The van der Waals surface area contributed by atoms with Crippen molar-refractivity contribution in [1.82, 2.24) is 8.61 Å². The smallest absolute Gasteiger partial charge is 0.303 e. The van der Waals surface area contributed by atoms with Gasteiger partial charge in [0.05, 0.1) is 0 Å². The Labute approximate surface area is 120 Å². The van der Waals surface area contributed by atoms with E-state index in [4.69, 9.17) is 5.11 Å². The van der Waals surface area contributed by atoms with Gasteiger partial charge in [0, 0.05) is 32.6 Å². The molecule has 0 bridgehead atoms. The fraction of sp³-hybridized carbons (Fsp3) is 0.923. The number of aliphatic carboxylic acids is 1. The summed E-state index contributed by atoms with van der Waals surface area (Å²) in [7, 11) is -3.40. The molecule has 2 fully saturated rings. The second-order valence-electron chi connectivity index (χ2n) is 5.79. The molecule has 0 amide bonds. The third kappa shape index (κ3) is 3.93. The zero-order valence-corrected chi connectivity index (χ0v) is 12.6. The number of piperidine rings is 1. The Morgan fingerprint density at radius 1 is 1.00 bits per heavy atom. The lowest BCUT2D eigenvalue weighted by Crippen LogP contribution is -2.48. The van der Waals surface area contributed by atoms with Crippen LogP contribution < -0.4 is 0 Å². The molecule has 0 saturated carbocycles. The summed E-state index contributed by atoms with van der Waals surface area (Å²) in [5, 5.41) is 8.86. The van der Waals surface area contributed by atoms with Crippen LogP contribution in [0.15, 0.2) is 0 Å². The summed E-state index contributed by atoms with van der Waals surface area (Å²) in [5.74, 6) is -0.896. The van der Waals surface area contributed by atoms with Crippen LogP contribution in [0.1, 0.15) is 44.9 Å². The third-order valence-electron chi connectivity index (χ3n) is 4.16. The van der Waals surface area contributed by atoms with Crippen LogP contribution in [-0.4, -0.2) is 54.3 Å². The second-order valence-corrected chi connectivity index (χ2v) is 7.71. The van der Waals surface area contributed by atoms with Crippen LogP contribution in [0.4, 0.5) is 0 Å². The topological polar surface area (TPSA) is 77.9 Å². The molecule has 0 aromatic rings. The van der Waals surface area contributed by atoms with Crippen molar-refractivity contribution in [2.75, 3.05) is 26.2 Å². The van der Waals surface area contributed by atoms with Crippen molar-refractivity contribution in [3.05, 3.63) is 0 Å². The van der Waals surface area contributed by atoms with E-state index in [0.29, 0.717) is 26.2 Å². The maximum atomic E-state index is 12.6. The minimum atomic E-state index is -3.40. The molecule has 0 spiro atoms. The predicted octanol–water partition coefficient (Wildman–Crippen LogP) is 1.29. The highest BCUT2D eigenvalue weighted by atomic mass is 32.2. The number of rotatable bonds is 4. The van der Waals surface area contributed by atoms with Gasteiger partial charge in [0.25, 0.3) is 10.2 Å². The van der Waals surface area contributed by atoms with Crippen molar-refractivity contribution in [3.63, 3.8) is 0 Å². The molecule has 0 aromatic heterocycles. The average molecular weight is 304 g/mol. The predicted molar refractivity (Wildman–Crippen MR) is 75.5 cm³/mol.